The van der Waals surface area contributed by atoms with E-state index in [1.165, 1.54) is 37.4 Å². The topological polar surface area (TPSA) is 123 Å². The van der Waals surface area contributed by atoms with Crippen molar-refractivity contribution in [3.63, 3.8) is 0 Å². The summed E-state index contributed by atoms with van der Waals surface area (Å²) in [6.07, 6.45) is 0. The number of Topliss-reactive ketones (excluding diaryl/α,β-unsaturated/α-hetero) is 1. The maximum Gasteiger partial charge on any atom is 0.321 e. The molecule has 28 heavy (non-hydrogen) atoms. The first-order chi connectivity index (χ1) is 13.3. The Morgan fingerprint density at radius 3 is 2.61 bits per heavy atom. The molecule has 0 heterocycles. The number of hydrogen-bond donors (Lipinski definition) is 1. The van der Waals surface area contributed by atoms with Crippen molar-refractivity contribution in [2.45, 2.75) is 4.90 Å². The number of sulfonamides is 1. The minimum Gasteiger partial charge on any atom is -0.496 e. The van der Waals surface area contributed by atoms with Gasteiger partial charge in [0.2, 0.25) is 15.8 Å². The molecule has 8 nitrogen and oxygen atoms in total. The Kier molecular flexibility index (Phi) is 6.81. The minimum absolute atomic E-state index is 0.0863. The normalized spacial score (nSPS) is 10.8. The van der Waals surface area contributed by atoms with Gasteiger partial charge in [0, 0.05) is 0 Å². The zero-order valence-corrected chi connectivity index (χ0v) is 15.5. The van der Waals surface area contributed by atoms with E-state index in [0.717, 1.165) is 12.1 Å². The lowest BCUT2D eigenvalue weighted by atomic mass is 10.1. The molecule has 0 radical (unpaired) electrons. The van der Waals surface area contributed by atoms with Crippen LogP contribution in [0.3, 0.4) is 0 Å². The molecule has 1 N–H and O–H groups in total. The number of nitriles is 1. The first-order valence-corrected chi connectivity index (χ1v) is 9.28. The molecule has 0 unspecified atom stereocenters. The first-order valence-electron chi connectivity index (χ1n) is 7.79. The van der Waals surface area contributed by atoms with Gasteiger partial charge in [-0.1, -0.05) is 12.1 Å². The summed E-state index contributed by atoms with van der Waals surface area (Å²) in [6.45, 7) is -1.48. The Balaban J connectivity index is 1.97. The van der Waals surface area contributed by atoms with Crippen molar-refractivity contribution in [1.82, 2.24) is 4.72 Å². The second-order valence-corrected chi connectivity index (χ2v) is 7.10. The van der Waals surface area contributed by atoms with Crippen molar-refractivity contribution in [2.75, 3.05) is 20.3 Å². The SMILES string of the molecule is COc1ccc(F)cc1C(=O)COC(=O)CNS(=O)(=O)c1ccccc1C#N. The average molecular weight is 406 g/mol. The Morgan fingerprint density at radius 1 is 1.21 bits per heavy atom. The molecule has 2 aromatic carbocycles. The molecular weight excluding hydrogens is 391 g/mol. The summed E-state index contributed by atoms with van der Waals surface area (Å²) >= 11 is 0. The summed E-state index contributed by atoms with van der Waals surface area (Å²) < 4.78 is 49.4. The lowest BCUT2D eigenvalue weighted by molar-refractivity contribution is -0.141. The number of esters is 1. The van der Waals surface area contributed by atoms with Gasteiger partial charge in [-0.25, -0.2) is 12.8 Å². The van der Waals surface area contributed by atoms with Crippen LogP contribution in [-0.2, 0) is 19.6 Å². The minimum atomic E-state index is -4.13. The zero-order chi connectivity index (χ0) is 20.7. The molecule has 0 saturated heterocycles. The van der Waals surface area contributed by atoms with Crippen LogP contribution >= 0.6 is 0 Å². The van der Waals surface area contributed by atoms with Gasteiger partial charge in [-0.3, -0.25) is 9.59 Å². The molecule has 0 atom stereocenters. The smallest absolute Gasteiger partial charge is 0.321 e. The van der Waals surface area contributed by atoms with Crippen LogP contribution in [0.15, 0.2) is 47.4 Å². The van der Waals surface area contributed by atoms with Crippen molar-refractivity contribution >= 4 is 21.8 Å². The standard InChI is InChI=1S/C18H15FN2O6S/c1-26-16-7-6-13(19)8-14(16)15(22)11-27-18(23)10-21-28(24,25)17-5-3-2-4-12(17)9-20/h2-8,21H,10-11H2,1H3. The average Bonchev–Trinajstić information content (AvgIpc) is 2.70. The zero-order valence-electron chi connectivity index (χ0n) is 14.6. The van der Waals surface area contributed by atoms with Crippen LogP contribution in [0.5, 0.6) is 5.75 Å². The fourth-order valence-electron chi connectivity index (χ4n) is 2.20. The molecule has 0 aliphatic carbocycles. The largest absolute Gasteiger partial charge is 0.496 e. The van der Waals surface area contributed by atoms with Crippen LogP contribution in [-0.4, -0.2) is 40.4 Å². The number of ketones is 1. The van der Waals surface area contributed by atoms with E-state index in [-0.39, 0.29) is 21.8 Å². The number of hydrogen-bond acceptors (Lipinski definition) is 7. The predicted molar refractivity (Wildman–Crippen MR) is 94.6 cm³/mol. The van der Waals surface area contributed by atoms with E-state index in [4.69, 9.17) is 14.7 Å². The van der Waals surface area contributed by atoms with Gasteiger partial charge in [0.05, 0.1) is 23.1 Å². The van der Waals surface area contributed by atoms with Gasteiger partial charge in [-0.15, -0.1) is 0 Å². The molecule has 0 amide bonds. The maximum absolute atomic E-state index is 13.3. The quantitative estimate of drug-likeness (QED) is 0.519. The molecule has 2 aromatic rings. The van der Waals surface area contributed by atoms with Crippen LogP contribution in [0.2, 0.25) is 0 Å². The van der Waals surface area contributed by atoms with E-state index in [1.54, 1.807) is 6.07 Å². The number of rotatable bonds is 8. The van der Waals surface area contributed by atoms with E-state index in [0.29, 0.717) is 0 Å². The Bertz CT molecular complexity index is 1050. The lowest BCUT2D eigenvalue weighted by Gasteiger charge is -2.10. The lowest BCUT2D eigenvalue weighted by Crippen LogP contribution is -2.32. The van der Waals surface area contributed by atoms with Crippen LogP contribution < -0.4 is 9.46 Å². The van der Waals surface area contributed by atoms with Crippen molar-refractivity contribution in [3.8, 4) is 11.8 Å². The third kappa shape index (κ3) is 5.12. The summed E-state index contributed by atoms with van der Waals surface area (Å²) in [6, 6.07) is 10.5. The van der Waals surface area contributed by atoms with Gasteiger partial charge < -0.3 is 9.47 Å². The number of ether oxygens (including phenoxy) is 2. The molecule has 0 bridgehead atoms. The molecule has 0 aliphatic heterocycles. The Hall–Kier alpha value is -3.29. The van der Waals surface area contributed by atoms with Gasteiger partial charge in [0.25, 0.3) is 0 Å². The van der Waals surface area contributed by atoms with Crippen molar-refractivity contribution in [3.05, 3.63) is 59.4 Å². The summed E-state index contributed by atoms with van der Waals surface area (Å²) in [5.41, 5.74) is -0.199. The fraction of sp³-hybridized carbons (Fsp3) is 0.167. The molecular formula is C18H15FN2O6S. The van der Waals surface area contributed by atoms with Crippen LogP contribution in [0, 0.1) is 17.1 Å². The van der Waals surface area contributed by atoms with Crippen molar-refractivity contribution < 1.29 is 31.9 Å². The van der Waals surface area contributed by atoms with E-state index in [1.807, 2.05) is 4.72 Å². The Morgan fingerprint density at radius 2 is 1.93 bits per heavy atom. The monoisotopic (exact) mass is 406 g/mol. The van der Waals surface area contributed by atoms with E-state index in [9.17, 15) is 22.4 Å². The highest BCUT2D eigenvalue weighted by Gasteiger charge is 2.20. The number of halogens is 1. The highest BCUT2D eigenvalue weighted by Crippen LogP contribution is 2.20. The molecule has 0 saturated carbocycles. The number of nitrogens with one attached hydrogen (secondary N) is 1. The summed E-state index contributed by atoms with van der Waals surface area (Å²) in [7, 11) is -2.84. The number of methoxy groups -OCH3 is 1. The molecule has 0 aliphatic rings. The molecule has 0 spiro atoms. The van der Waals surface area contributed by atoms with Gasteiger partial charge in [0.15, 0.2) is 6.61 Å². The number of benzene rings is 2. The van der Waals surface area contributed by atoms with Crippen molar-refractivity contribution in [2.24, 2.45) is 0 Å². The molecule has 10 heteroatoms. The highest BCUT2D eigenvalue weighted by molar-refractivity contribution is 7.89. The second kappa shape index (κ2) is 9.07. The molecule has 0 aromatic heterocycles. The van der Waals surface area contributed by atoms with Crippen LogP contribution in [0.25, 0.3) is 0 Å². The third-order valence-corrected chi connectivity index (χ3v) is 4.99. The van der Waals surface area contributed by atoms with Gasteiger partial charge >= 0.3 is 5.97 Å². The highest BCUT2D eigenvalue weighted by atomic mass is 32.2. The third-order valence-electron chi connectivity index (χ3n) is 3.53. The summed E-state index contributed by atoms with van der Waals surface area (Å²) in [4.78, 5) is 23.6. The number of carbonyl (C=O) groups is 2. The van der Waals surface area contributed by atoms with Crippen LogP contribution in [0.1, 0.15) is 15.9 Å². The summed E-state index contributed by atoms with van der Waals surface area (Å²) in [5, 5.41) is 8.97. The van der Waals surface area contributed by atoms with Crippen molar-refractivity contribution in [1.29, 1.82) is 5.26 Å². The fourth-order valence-corrected chi connectivity index (χ4v) is 3.32. The van der Waals surface area contributed by atoms with E-state index < -0.39 is 40.7 Å². The molecule has 0 fully saturated rings. The first kappa shape index (κ1) is 21.0. The number of nitrogens with zero attached hydrogens (tertiary/aromatic N) is 1. The second-order valence-electron chi connectivity index (χ2n) is 5.36. The van der Waals surface area contributed by atoms with E-state index >= 15 is 0 Å². The van der Waals surface area contributed by atoms with Gasteiger partial charge in [-0.2, -0.15) is 9.98 Å². The van der Waals surface area contributed by atoms with Crippen LogP contribution in [0.4, 0.5) is 4.39 Å². The summed E-state index contributed by atoms with van der Waals surface area (Å²) in [5.74, 6) is -2.31. The number of carbonyl (C=O) groups excluding carboxylic acids is 2. The molecule has 146 valence electrons. The van der Waals surface area contributed by atoms with E-state index in [2.05, 4.69) is 0 Å². The maximum atomic E-state index is 13.3. The van der Waals surface area contributed by atoms with Gasteiger partial charge in [0.1, 0.15) is 24.2 Å². The predicted octanol–water partition coefficient (Wildman–Crippen LogP) is 1.41. The molecule has 2 rings (SSSR count). The van der Waals surface area contributed by atoms with Gasteiger partial charge in [-0.05, 0) is 30.3 Å². The Labute approximate surface area is 160 Å².